The van der Waals surface area contributed by atoms with Gasteiger partial charge in [-0.1, -0.05) is 12.1 Å². The van der Waals surface area contributed by atoms with Crippen LogP contribution >= 0.6 is 11.6 Å². The van der Waals surface area contributed by atoms with Crippen molar-refractivity contribution >= 4 is 11.6 Å². The van der Waals surface area contributed by atoms with Gasteiger partial charge in [-0.3, -0.25) is 0 Å². The van der Waals surface area contributed by atoms with Crippen LogP contribution in [0.3, 0.4) is 0 Å². The second-order valence-electron chi connectivity index (χ2n) is 4.47. The summed E-state index contributed by atoms with van der Waals surface area (Å²) >= 11 is 6.32. The van der Waals surface area contributed by atoms with E-state index >= 15 is 0 Å². The lowest BCUT2D eigenvalue weighted by Gasteiger charge is -2.12. The molecule has 1 saturated carbocycles. The minimum absolute atomic E-state index is 0.193. The zero-order chi connectivity index (χ0) is 10.8. The minimum atomic E-state index is 0.193. The van der Waals surface area contributed by atoms with E-state index in [-0.39, 0.29) is 11.5 Å². The van der Waals surface area contributed by atoms with Crippen LogP contribution in [0.2, 0.25) is 0 Å². The number of ether oxygens (including phenoxy) is 1. The molecule has 0 amide bonds. The van der Waals surface area contributed by atoms with E-state index in [4.69, 9.17) is 16.3 Å². The summed E-state index contributed by atoms with van der Waals surface area (Å²) in [5.41, 5.74) is 1.22. The maximum absolute atomic E-state index is 6.32. The molecule has 0 aromatic heterocycles. The number of hydrogen-bond acceptors (Lipinski definition) is 1. The SMILES string of the molecule is CC(C)Oc1ccc(C(Cl)C2CC2)cc1. The van der Waals surface area contributed by atoms with Gasteiger partial charge in [-0.25, -0.2) is 0 Å². The van der Waals surface area contributed by atoms with Crippen molar-refractivity contribution in [2.45, 2.75) is 38.2 Å². The van der Waals surface area contributed by atoms with Crippen LogP contribution in [0, 0.1) is 5.92 Å². The molecule has 0 aliphatic heterocycles. The number of halogens is 1. The summed E-state index contributed by atoms with van der Waals surface area (Å²) in [4.78, 5) is 0. The van der Waals surface area contributed by atoms with Gasteiger partial charge < -0.3 is 4.74 Å². The van der Waals surface area contributed by atoms with Gasteiger partial charge in [0.25, 0.3) is 0 Å². The van der Waals surface area contributed by atoms with Crippen molar-refractivity contribution in [1.82, 2.24) is 0 Å². The molecule has 1 aromatic carbocycles. The molecule has 82 valence electrons. The topological polar surface area (TPSA) is 9.23 Å². The van der Waals surface area contributed by atoms with Gasteiger partial charge in [0.2, 0.25) is 0 Å². The van der Waals surface area contributed by atoms with E-state index in [0.717, 1.165) is 5.75 Å². The lowest BCUT2D eigenvalue weighted by molar-refractivity contribution is 0.242. The second kappa shape index (κ2) is 4.44. The summed E-state index contributed by atoms with van der Waals surface area (Å²) in [6, 6.07) is 8.17. The highest BCUT2D eigenvalue weighted by atomic mass is 35.5. The molecule has 0 bridgehead atoms. The molecule has 2 heteroatoms. The van der Waals surface area contributed by atoms with Crippen molar-refractivity contribution in [2.75, 3.05) is 0 Å². The molecule has 0 radical (unpaired) electrons. The molecule has 15 heavy (non-hydrogen) atoms. The Kier molecular flexibility index (Phi) is 3.20. The van der Waals surface area contributed by atoms with E-state index < -0.39 is 0 Å². The number of alkyl halides is 1. The summed E-state index contributed by atoms with van der Waals surface area (Å²) < 4.78 is 5.58. The van der Waals surface area contributed by atoms with Gasteiger partial charge >= 0.3 is 0 Å². The average molecular weight is 225 g/mol. The highest BCUT2D eigenvalue weighted by molar-refractivity contribution is 6.21. The Balaban J connectivity index is 2.02. The van der Waals surface area contributed by atoms with Crippen LogP contribution in [0.15, 0.2) is 24.3 Å². The third-order valence-electron chi connectivity index (χ3n) is 2.61. The van der Waals surface area contributed by atoms with Crippen LogP contribution in [0.25, 0.3) is 0 Å². The Bertz CT molecular complexity index is 314. The van der Waals surface area contributed by atoms with E-state index in [9.17, 15) is 0 Å². The van der Waals surface area contributed by atoms with Crippen LogP contribution in [-0.4, -0.2) is 6.10 Å². The Morgan fingerprint density at radius 2 is 1.80 bits per heavy atom. The maximum atomic E-state index is 6.32. The van der Waals surface area contributed by atoms with Gasteiger partial charge in [0.05, 0.1) is 11.5 Å². The fourth-order valence-electron chi connectivity index (χ4n) is 1.66. The van der Waals surface area contributed by atoms with E-state index in [1.54, 1.807) is 0 Å². The van der Waals surface area contributed by atoms with Crippen LogP contribution < -0.4 is 4.74 Å². The number of hydrogen-bond donors (Lipinski definition) is 0. The number of benzene rings is 1. The highest BCUT2D eigenvalue weighted by Gasteiger charge is 2.30. The van der Waals surface area contributed by atoms with Gasteiger partial charge in [-0.05, 0) is 50.3 Å². The van der Waals surface area contributed by atoms with Gasteiger partial charge in [0.15, 0.2) is 0 Å². The zero-order valence-corrected chi connectivity index (χ0v) is 10.00. The quantitative estimate of drug-likeness (QED) is 0.698. The normalized spacial score (nSPS) is 17.9. The minimum Gasteiger partial charge on any atom is -0.491 e. The molecule has 1 aliphatic rings. The van der Waals surface area contributed by atoms with Gasteiger partial charge in [-0.15, -0.1) is 11.6 Å². The molecule has 0 heterocycles. The Morgan fingerprint density at radius 3 is 2.27 bits per heavy atom. The molecule has 1 aromatic rings. The molecule has 0 N–H and O–H groups in total. The third kappa shape index (κ3) is 2.88. The first-order valence-electron chi connectivity index (χ1n) is 5.57. The van der Waals surface area contributed by atoms with Crippen molar-refractivity contribution in [3.63, 3.8) is 0 Å². The van der Waals surface area contributed by atoms with Crippen molar-refractivity contribution in [3.05, 3.63) is 29.8 Å². The molecule has 1 unspecified atom stereocenters. The first-order chi connectivity index (χ1) is 7.16. The van der Waals surface area contributed by atoms with E-state index in [1.165, 1.54) is 18.4 Å². The van der Waals surface area contributed by atoms with E-state index in [1.807, 2.05) is 26.0 Å². The van der Waals surface area contributed by atoms with Gasteiger partial charge in [-0.2, -0.15) is 0 Å². The monoisotopic (exact) mass is 224 g/mol. The number of rotatable bonds is 4. The van der Waals surface area contributed by atoms with Crippen LogP contribution in [0.4, 0.5) is 0 Å². The summed E-state index contributed by atoms with van der Waals surface area (Å²) in [5.74, 6) is 1.62. The summed E-state index contributed by atoms with van der Waals surface area (Å²) in [7, 11) is 0. The van der Waals surface area contributed by atoms with Crippen molar-refractivity contribution < 1.29 is 4.74 Å². The molecule has 2 rings (SSSR count). The maximum Gasteiger partial charge on any atom is 0.119 e. The molecule has 1 nitrogen and oxygen atoms in total. The predicted octanol–water partition coefficient (Wildman–Crippen LogP) is 4.16. The lowest BCUT2D eigenvalue weighted by atomic mass is 10.1. The Morgan fingerprint density at radius 1 is 1.20 bits per heavy atom. The van der Waals surface area contributed by atoms with Gasteiger partial charge in [0.1, 0.15) is 5.75 Å². The summed E-state index contributed by atoms with van der Waals surface area (Å²) in [5, 5.41) is 0.193. The molecule has 1 atom stereocenters. The van der Waals surface area contributed by atoms with Crippen LogP contribution in [-0.2, 0) is 0 Å². The molecular weight excluding hydrogens is 208 g/mol. The van der Waals surface area contributed by atoms with Crippen molar-refractivity contribution in [1.29, 1.82) is 0 Å². The third-order valence-corrected chi connectivity index (χ3v) is 3.21. The molecule has 0 spiro atoms. The fraction of sp³-hybridized carbons (Fsp3) is 0.538. The van der Waals surface area contributed by atoms with Crippen LogP contribution in [0.5, 0.6) is 5.75 Å². The summed E-state index contributed by atoms with van der Waals surface area (Å²) in [6.07, 6.45) is 2.78. The molecule has 0 saturated heterocycles. The van der Waals surface area contributed by atoms with Crippen LogP contribution in [0.1, 0.15) is 37.6 Å². The second-order valence-corrected chi connectivity index (χ2v) is 4.95. The molecule has 1 fully saturated rings. The first-order valence-corrected chi connectivity index (χ1v) is 6.01. The predicted molar refractivity (Wildman–Crippen MR) is 63.5 cm³/mol. The fourth-order valence-corrected chi connectivity index (χ4v) is 2.06. The lowest BCUT2D eigenvalue weighted by Crippen LogP contribution is -2.05. The Labute approximate surface area is 96.4 Å². The largest absolute Gasteiger partial charge is 0.491 e. The van der Waals surface area contributed by atoms with E-state index in [2.05, 4.69) is 12.1 Å². The Hall–Kier alpha value is -0.690. The molecular formula is C13H17ClO. The van der Waals surface area contributed by atoms with E-state index in [0.29, 0.717) is 5.92 Å². The molecule has 1 aliphatic carbocycles. The highest BCUT2D eigenvalue weighted by Crippen LogP contribution is 2.45. The first kappa shape index (κ1) is 10.8. The van der Waals surface area contributed by atoms with Crippen molar-refractivity contribution in [3.8, 4) is 5.75 Å². The smallest absolute Gasteiger partial charge is 0.119 e. The zero-order valence-electron chi connectivity index (χ0n) is 9.24. The van der Waals surface area contributed by atoms with Gasteiger partial charge in [0, 0.05) is 0 Å². The van der Waals surface area contributed by atoms with Crippen molar-refractivity contribution in [2.24, 2.45) is 5.92 Å². The standard InChI is InChI=1S/C13H17ClO/c1-9(2)15-12-7-5-11(6-8-12)13(14)10-3-4-10/h5-10,13H,3-4H2,1-2H3. The summed E-state index contributed by atoms with van der Waals surface area (Å²) in [6.45, 7) is 4.06. The average Bonchev–Trinajstić information content (AvgIpc) is 3.00.